The Bertz CT molecular complexity index is 1430. The molecule has 0 bridgehead atoms. The number of hydrogen-bond donors (Lipinski definition) is 2. The lowest BCUT2D eigenvalue weighted by Gasteiger charge is -2.33. The molecule has 0 unspecified atom stereocenters. The van der Waals surface area contributed by atoms with E-state index in [2.05, 4.69) is 26.3 Å². The zero-order chi connectivity index (χ0) is 30.6. The van der Waals surface area contributed by atoms with Crippen molar-refractivity contribution in [1.29, 1.82) is 0 Å². The molecule has 1 amide bonds. The zero-order valence-electron chi connectivity index (χ0n) is 24.4. The average molecular weight is 651 g/mol. The molecule has 2 aromatic heterocycles. The average Bonchev–Trinajstić information content (AvgIpc) is 3.52. The molecule has 13 heteroatoms. The van der Waals surface area contributed by atoms with Gasteiger partial charge in [0, 0.05) is 18.3 Å². The van der Waals surface area contributed by atoms with Gasteiger partial charge in [0.05, 0.1) is 36.0 Å². The Morgan fingerprint density at radius 1 is 1.31 bits per heavy atom. The standard InChI is InChI=1S/C29H37BrFN5O6/c1-6-40-27(38)20-14-33-36-16-21(30)26(34-25(20)36)35(22-8-7-9-23(22)37)15-18-12-19(31)10-11-24(18)41-17(2)13-32-28(39)42-29(3,4)5/h10-12,14,16-17,22-23,37H,6-9,13,15H2,1-5H3,(H,32,39)/t17-,22+,23-/m0/s1. The number of aliphatic hydroxyl groups is 1. The number of rotatable bonds is 10. The third-order valence-electron chi connectivity index (χ3n) is 6.67. The fraction of sp³-hybridized carbons (Fsp3) is 0.517. The van der Waals surface area contributed by atoms with Gasteiger partial charge in [-0.1, -0.05) is 0 Å². The van der Waals surface area contributed by atoms with Crippen LogP contribution in [0.3, 0.4) is 0 Å². The summed E-state index contributed by atoms with van der Waals surface area (Å²) in [6.07, 6.45) is 3.52. The molecule has 2 N–H and O–H groups in total. The van der Waals surface area contributed by atoms with Gasteiger partial charge in [0.25, 0.3) is 0 Å². The molecular formula is C29H37BrFN5O6. The highest BCUT2D eigenvalue weighted by Gasteiger charge is 2.34. The van der Waals surface area contributed by atoms with E-state index in [0.717, 1.165) is 6.42 Å². The number of nitrogens with zero attached hydrogens (tertiary/aromatic N) is 4. The fourth-order valence-corrected chi connectivity index (χ4v) is 5.35. The number of esters is 1. The minimum Gasteiger partial charge on any atom is -0.489 e. The van der Waals surface area contributed by atoms with E-state index in [1.165, 1.54) is 22.8 Å². The molecular weight excluding hydrogens is 613 g/mol. The minimum absolute atomic E-state index is 0.145. The van der Waals surface area contributed by atoms with Crippen LogP contribution in [-0.2, 0) is 16.0 Å². The molecule has 4 rings (SSSR count). The van der Waals surface area contributed by atoms with Crippen LogP contribution >= 0.6 is 15.9 Å². The van der Waals surface area contributed by atoms with E-state index in [1.54, 1.807) is 46.9 Å². The van der Waals surface area contributed by atoms with Crippen LogP contribution in [0.15, 0.2) is 35.1 Å². The van der Waals surface area contributed by atoms with Gasteiger partial charge in [-0.2, -0.15) is 5.10 Å². The molecule has 1 aromatic carbocycles. The third kappa shape index (κ3) is 7.68. The van der Waals surface area contributed by atoms with Crippen molar-refractivity contribution in [3.05, 3.63) is 52.0 Å². The van der Waals surface area contributed by atoms with Gasteiger partial charge in [-0.25, -0.2) is 23.5 Å². The molecule has 0 aliphatic heterocycles. The number of aliphatic hydroxyl groups excluding tert-OH is 1. The van der Waals surface area contributed by atoms with Gasteiger partial charge in [-0.05, 0) is 88.0 Å². The van der Waals surface area contributed by atoms with Gasteiger partial charge in [0.2, 0.25) is 0 Å². The van der Waals surface area contributed by atoms with Crippen molar-refractivity contribution in [1.82, 2.24) is 19.9 Å². The van der Waals surface area contributed by atoms with Crippen LogP contribution < -0.4 is 15.0 Å². The molecule has 0 saturated heterocycles. The number of hydrogen-bond acceptors (Lipinski definition) is 9. The number of carbonyl (C=O) groups excluding carboxylic acids is 2. The number of carbonyl (C=O) groups is 2. The van der Waals surface area contributed by atoms with Crippen molar-refractivity contribution in [2.24, 2.45) is 0 Å². The molecule has 3 aromatic rings. The topological polar surface area (TPSA) is 128 Å². The second-order valence-electron chi connectivity index (χ2n) is 11.2. The zero-order valence-corrected chi connectivity index (χ0v) is 26.0. The highest BCUT2D eigenvalue weighted by atomic mass is 79.9. The highest BCUT2D eigenvalue weighted by Crippen LogP contribution is 2.36. The number of halogens is 2. The highest BCUT2D eigenvalue weighted by molar-refractivity contribution is 9.10. The number of benzene rings is 1. The van der Waals surface area contributed by atoms with E-state index in [1.807, 2.05) is 4.90 Å². The largest absolute Gasteiger partial charge is 0.489 e. The first-order chi connectivity index (χ1) is 19.9. The van der Waals surface area contributed by atoms with E-state index in [-0.39, 0.29) is 31.3 Å². The molecule has 1 aliphatic carbocycles. The fourth-order valence-electron chi connectivity index (χ4n) is 4.84. The van der Waals surface area contributed by atoms with Gasteiger partial charge < -0.3 is 29.5 Å². The summed E-state index contributed by atoms with van der Waals surface area (Å²) in [7, 11) is 0. The van der Waals surface area contributed by atoms with E-state index in [0.29, 0.717) is 40.1 Å². The Labute approximate surface area is 252 Å². The first-order valence-corrected chi connectivity index (χ1v) is 14.7. The van der Waals surface area contributed by atoms with Crippen LogP contribution in [0.4, 0.5) is 15.0 Å². The smallest absolute Gasteiger partial charge is 0.407 e. The van der Waals surface area contributed by atoms with Crippen molar-refractivity contribution in [2.45, 2.75) is 84.3 Å². The van der Waals surface area contributed by atoms with Crippen LogP contribution in [0.2, 0.25) is 0 Å². The molecule has 1 aliphatic rings. The van der Waals surface area contributed by atoms with Crippen molar-refractivity contribution in [3.8, 4) is 5.75 Å². The van der Waals surface area contributed by atoms with Gasteiger partial charge in [-0.15, -0.1) is 0 Å². The van der Waals surface area contributed by atoms with Crippen molar-refractivity contribution in [3.63, 3.8) is 0 Å². The van der Waals surface area contributed by atoms with Crippen molar-refractivity contribution in [2.75, 3.05) is 18.1 Å². The summed E-state index contributed by atoms with van der Waals surface area (Å²) in [4.78, 5) is 31.3. The number of ether oxygens (including phenoxy) is 3. The van der Waals surface area contributed by atoms with E-state index < -0.39 is 35.7 Å². The van der Waals surface area contributed by atoms with Gasteiger partial charge in [0.15, 0.2) is 5.65 Å². The SMILES string of the molecule is CCOC(=O)c1cnn2cc(Br)c(N(Cc3cc(F)ccc3O[C@@H](C)CNC(=O)OC(C)(C)C)[C@@H]3CCC[C@@H]3O)nc12. The molecule has 1 saturated carbocycles. The van der Waals surface area contributed by atoms with Crippen LogP contribution in [0.5, 0.6) is 5.75 Å². The summed E-state index contributed by atoms with van der Waals surface area (Å²) in [6, 6.07) is 3.90. The van der Waals surface area contributed by atoms with Gasteiger partial charge >= 0.3 is 12.1 Å². The van der Waals surface area contributed by atoms with E-state index >= 15 is 0 Å². The van der Waals surface area contributed by atoms with Crippen LogP contribution in [0, 0.1) is 5.82 Å². The molecule has 42 heavy (non-hydrogen) atoms. The predicted molar refractivity (Wildman–Crippen MR) is 157 cm³/mol. The maximum atomic E-state index is 14.6. The number of alkyl carbamates (subject to hydrolysis) is 1. The first kappa shape index (κ1) is 31.5. The van der Waals surface area contributed by atoms with Gasteiger partial charge in [-0.3, -0.25) is 0 Å². The second kappa shape index (κ2) is 13.2. The molecule has 1 fully saturated rings. The van der Waals surface area contributed by atoms with Crippen molar-refractivity contribution >= 4 is 39.5 Å². The number of fused-ring (bicyclic) bond motifs is 1. The Kier molecular flexibility index (Phi) is 9.93. The maximum Gasteiger partial charge on any atom is 0.407 e. The Morgan fingerprint density at radius 2 is 2.07 bits per heavy atom. The summed E-state index contributed by atoms with van der Waals surface area (Å²) < 4.78 is 33.2. The molecule has 3 atom stereocenters. The number of aromatic nitrogens is 3. The summed E-state index contributed by atoms with van der Waals surface area (Å²) in [5.74, 6) is -0.127. The molecule has 0 spiro atoms. The van der Waals surface area contributed by atoms with E-state index in [9.17, 15) is 19.1 Å². The second-order valence-corrected chi connectivity index (χ2v) is 12.1. The number of amides is 1. The lowest BCUT2D eigenvalue weighted by Crippen LogP contribution is -2.41. The maximum absolute atomic E-state index is 14.6. The summed E-state index contributed by atoms with van der Waals surface area (Å²) in [5.41, 5.74) is 0.387. The number of anilines is 1. The van der Waals surface area contributed by atoms with Crippen LogP contribution in [0.25, 0.3) is 5.65 Å². The molecule has 11 nitrogen and oxygen atoms in total. The lowest BCUT2D eigenvalue weighted by molar-refractivity contribution is 0.0501. The normalized spacial score (nSPS) is 17.6. The molecule has 0 radical (unpaired) electrons. The van der Waals surface area contributed by atoms with Crippen LogP contribution in [-0.4, -0.2) is 68.8 Å². The first-order valence-electron chi connectivity index (χ1n) is 13.9. The predicted octanol–water partition coefficient (Wildman–Crippen LogP) is 5.02. The lowest BCUT2D eigenvalue weighted by atomic mass is 10.1. The molecule has 2 heterocycles. The third-order valence-corrected chi connectivity index (χ3v) is 7.23. The number of nitrogens with one attached hydrogen (secondary N) is 1. The summed E-state index contributed by atoms with van der Waals surface area (Å²) >= 11 is 3.58. The van der Waals surface area contributed by atoms with Gasteiger partial charge in [0.1, 0.15) is 34.7 Å². The van der Waals surface area contributed by atoms with Crippen LogP contribution in [0.1, 0.15) is 69.8 Å². The minimum atomic E-state index is -0.640. The quantitative estimate of drug-likeness (QED) is 0.291. The molecule has 228 valence electrons. The Hall–Kier alpha value is -3.45. The van der Waals surface area contributed by atoms with Crippen molar-refractivity contribution < 1.29 is 33.3 Å². The summed E-state index contributed by atoms with van der Waals surface area (Å²) in [6.45, 7) is 9.35. The van der Waals surface area contributed by atoms with E-state index in [4.69, 9.17) is 19.2 Å². The monoisotopic (exact) mass is 649 g/mol. The Morgan fingerprint density at radius 3 is 2.74 bits per heavy atom. The Balaban J connectivity index is 1.65. The summed E-state index contributed by atoms with van der Waals surface area (Å²) in [5, 5.41) is 17.8.